The quantitative estimate of drug-likeness (QED) is 0.458. The summed E-state index contributed by atoms with van der Waals surface area (Å²) in [5.74, 6) is -0.112. The first-order valence-corrected chi connectivity index (χ1v) is 12.7. The molecule has 0 bridgehead atoms. The molecular formula is C26H30N2O3S. The zero-order valence-electron chi connectivity index (χ0n) is 18.3. The van der Waals surface area contributed by atoms with Crippen molar-refractivity contribution in [2.24, 2.45) is 0 Å². The number of aryl methyl sites for hydroxylation is 1. The molecule has 5 nitrogen and oxygen atoms in total. The number of carbonyl (C=O) groups is 1. The number of sulfonamides is 1. The highest BCUT2D eigenvalue weighted by molar-refractivity contribution is 7.88. The van der Waals surface area contributed by atoms with Crippen molar-refractivity contribution in [1.29, 1.82) is 0 Å². The topological polar surface area (TPSA) is 75.3 Å². The van der Waals surface area contributed by atoms with Gasteiger partial charge in [0.15, 0.2) is 0 Å². The van der Waals surface area contributed by atoms with Crippen LogP contribution in [0.5, 0.6) is 0 Å². The van der Waals surface area contributed by atoms with E-state index in [9.17, 15) is 13.2 Å². The Morgan fingerprint density at radius 1 is 0.812 bits per heavy atom. The second kappa shape index (κ2) is 11.6. The Morgan fingerprint density at radius 3 is 2.03 bits per heavy atom. The Morgan fingerprint density at radius 2 is 1.41 bits per heavy atom. The average Bonchev–Trinajstić information content (AvgIpc) is 2.79. The molecule has 0 aliphatic rings. The lowest BCUT2D eigenvalue weighted by atomic mass is 9.98. The molecule has 0 radical (unpaired) electrons. The van der Waals surface area contributed by atoms with Crippen LogP contribution in [0.2, 0.25) is 0 Å². The highest BCUT2D eigenvalue weighted by Gasteiger charge is 2.16. The van der Waals surface area contributed by atoms with Crippen LogP contribution in [0, 0.1) is 0 Å². The molecule has 0 saturated carbocycles. The van der Waals surface area contributed by atoms with E-state index < -0.39 is 10.0 Å². The van der Waals surface area contributed by atoms with Crippen molar-refractivity contribution >= 4 is 15.9 Å². The van der Waals surface area contributed by atoms with Gasteiger partial charge in [-0.1, -0.05) is 72.8 Å². The molecule has 3 rings (SSSR count). The minimum absolute atomic E-state index is 0.0638. The molecule has 168 valence electrons. The first-order chi connectivity index (χ1) is 15.4. The highest BCUT2D eigenvalue weighted by atomic mass is 32.2. The van der Waals surface area contributed by atoms with Crippen LogP contribution in [0.4, 0.5) is 0 Å². The van der Waals surface area contributed by atoms with E-state index in [1.54, 1.807) is 12.1 Å². The van der Waals surface area contributed by atoms with Gasteiger partial charge in [0.1, 0.15) is 0 Å². The maximum Gasteiger partial charge on any atom is 0.251 e. The predicted octanol–water partition coefficient (Wildman–Crippen LogP) is 4.27. The van der Waals surface area contributed by atoms with E-state index in [1.165, 1.54) is 5.56 Å². The predicted molar refractivity (Wildman–Crippen MR) is 129 cm³/mol. The van der Waals surface area contributed by atoms with E-state index >= 15 is 0 Å². The van der Waals surface area contributed by atoms with Gasteiger partial charge in [0.05, 0.1) is 12.3 Å². The second-order valence-electron chi connectivity index (χ2n) is 7.93. The maximum atomic E-state index is 12.9. The molecular weight excluding hydrogens is 420 g/mol. The summed E-state index contributed by atoms with van der Waals surface area (Å²) in [6.07, 6.45) is 4.50. The molecule has 0 heterocycles. The largest absolute Gasteiger partial charge is 0.345 e. The van der Waals surface area contributed by atoms with Crippen molar-refractivity contribution in [3.05, 3.63) is 107 Å². The first kappa shape index (κ1) is 23.7. The van der Waals surface area contributed by atoms with Crippen molar-refractivity contribution in [2.75, 3.05) is 12.8 Å². The summed E-state index contributed by atoms with van der Waals surface area (Å²) in [4.78, 5) is 12.9. The third-order valence-corrected chi connectivity index (χ3v) is 6.03. The Bertz CT molecular complexity index is 1080. The number of hydrogen-bond acceptors (Lipinski definition) is 3. The van der Waals surface area contributed by atoms with Crippen molar-refractivity contribution < 1.29 is 13.2 Å². The third kappa shape index (κ3) is 7.94. The molecule has 1 atom stereocenters. The second-order valence-corrected chi connectivity index (χ2v) is 9.76. The summed E-state index contributed by atoms with van der Waals surface area (Å²) in [5.41, 5.74) is 3.96. The fourth-order valence-electron chi connectivity index (χ4n) is 3.61. The van der Waals surface area contributed by atoms with Crippen molar-refractivity contribution in [3.8, 4) is 0 Å². The maximum absolute atomic E-state index is 12.9. The van der Waals surface area contributed by atoms with Crippen LogP contribution < -0.4 is 10.0 Å². The van der Waals surface area contributed by atoms with Crippen molar-refractivity contribution in [3.63, 3.8) is 0 Å². The van der Waals surface area contributed by atoms with E-state index in [-0.39, 0.29) is 11.9 Å². The molecule has 2 N–H and O–H groups in total. The number of rotatable bonds is 11. The fraction of sp³-hybridized carbons (Fsp3) is 0.269. The molecule has 6 heteroatoms. The Balaban J connectivity index is 1.60. The average molecular weight is 451 g/mol. The lowest BCUT2D eigenvalue weighted by Crippen LogP contribution is -2.28. The minimum Gasteiger partial charge on any atom is -0.345 e. The van der Waals surface area contributed by atoms with E-state index in [0.717, 1.165) is 36.6 Å². The lowest BCUT2D eigenvalue weighted by molar-refractivity contribution is 0.0934. The van der Waals surface area contributed by atoms with Crippen LogP contribution in [0.15, 0.2) is 84.9 Å². The number of amides is 1. The summed E-state index contributed by atoms with van der Waals surface area (Å²) >= 11 is 0. The van der Waals surface area contributed by atoms with Crippen molar-refractivity contribution in [1.82, 2.24) is 10.0 Å². The fourth-order valence-corrected chi connectivity index (χ4v) is 4.08. The summed E-state index contributed by atoms with van der Waals surface area (Å²) in [6, 6.07) is 27.7. The van der Waals surface area contributed by atoms with Crippen LogP contribution in [0.1, 0.15) is 45.9 Å². The van der Waals surface area contributed by atoms with E-state index in [0.29, 0.717) is 18.5 Å². The van der Waals surface area contributed by atoms with Gasteiger partial charge in [-0.25, -0.2) is 13.1 Å². The summed E-state index contributed by atoms with van der Waals surface area (Å²) in [5, 5.41) is 3.19. The van der Waals surface area contributed by atoms with Crippen LogP contribution in [-0.2, 0) is 22.9 Å². The number of nitrogens with one attached hydrogen (secondary N) is 2. The van der Waals surface area contributed by atoms with Gasteiger partial charge in [0.25, 0.3) is 5.91 Å². The van der Waals surface area contributed by atoms with Crippen LogP contribution in [-0.4, -0.2) is 27.1 Å². The number of hydrogen-bond donors (Lipinski definition) is 2. The van der Waals surface area contributed by atoms with E-state index in [2.05, 4.69) is 22.2 Å². The van der Waals surface area contributed by atoms with Crippen LogP contribution in [0.25, 0.3) is 0 Å². The molecule has 0 saturated heterocycles. The normalized spacial score (nSPS) is 12.3. The molecule has 3 aromatic rings. The highest BCUT2D eigenvalue weighted by Crippen LogP contribution is 2.21. The molecule has 1 amide bonds. The molecule has 0 aliphatic heterocycles. The molecule has 1 unspecified atom stereocenters. The molecule has 3 aromatic carbocycles. The van der Waals surface area contributed by atoms with Gasteiger partial charge in [-0.2, -0.15) is 0 Å². The molecule has 0 spiro atoms. The summed E-state index contributed by atoms with van der Waals surface area (Å²) < 4.78 is 24.8. The Kier molecular flexibility index (Phi) is 8.59. The standard InChI is InChI=1S/C26H30N2O3S/c1-32(30,31)27-20-19-22-15-17-24(18-16-22)26(29)28-25(23-12-6-3-7-13-23)14-8-11-21-9-4-2-5-10-21/h2-7,9-10,12-13,15-18,25,27H,8,11,14,19-20H2,1H3,(H,28,29). The molecule has 0 aliphatic carbocycles. The monoisotopic (exact) mass is 450 g/mol. The zero-order valence-corrected chi connectivity index (χ0v) is 19.1. The first-order valence-electron chi connectivity index (χ1n) is 10.8. The van der Waals surface area contributed by atoms with Crippen LogP contribution >= 0.6 is 0 Å². The third-order valence-electron chi connectivity index (χ3n) is 5.30. The van der Waals surface area contributed by atoms with Gasteiger partial charge in [0, 0.05) is 12.1 Å². The minimum atomic E-state index is -3.20. The summed E-state index contributed by atoms with van der Waals surface area (Å²) in [6.45, 7) is 0.335. The van der Waals surface area contributed by atoms with Crippen LogP contribution in [0.3, 0.4) is 0 Å². The Hall–Kier alpha value is -2.96. The van der Waals surface area contributed by atoms with E-state index in [1.807, 2.05) is 60.7 Å². The van der Waals surface area contributed by atoms with Gasteiger partial charge in [0.2, 0.25) is 10.0 Å². The SMILES string of the molecule is CS(=O)(=O)NCCc1ccc(C(=O)NC(CCCc2ccccc2)c2ccccc2)cc1. The number of carbonyl (C=O) groups excluding carboxylic acids is 1. The van der Waals surface area contributed by atoms with Gasteiger partial charge in [-0.3, -0.25) is 4.79 Å². The summed E-state index contributed by atoms with van der Waals surface area (Å²) in [7, 11) is -3.20. The molecule has 0 fully saturated rings. The molecule has 32 heavy (non-hydrogen) atoms. The van der Waals surface area contributed by atoms with Gasteiger partial charge < -0.3 is 5.32 Å². The zero-order chi connectivity index (χ0) is 22.8. The van der Waals surface area contributed by atoms with Gasteiger partial charge in [-0.15, -0.1) is 0 Å². The number of benzene rings is 3. The smallest absolute Gasteiger partial charge is 0.251 e. The van der Waals surface area contributed by atoms with E-state index in [4.69, 9.17) is 0 Å². The van der Waals surface area contributed by atoms with Gasteiger partial charge in [-0.05, 0) is 54.5 Å². The van der Waals surface area contributed by atoms with Gasteiger partial charge >= 0.3 is 0 Å². The molecule has 0 aromatic heterocycles. The lowest BCUT2D eigenvalue weighted by Gasteiger charge is -2.19. The van der Waals surface area contributed by atoms with Crippen molar-refractivity contribution in [2.45, 2.75) is 31.7 Å². The Labute approximate surface area is 190 Å².